The van der Waals surface area contributed by atoms with Crippen LogP contribution in [0.5, 0.6) is 5.75 Å². The average molecular weight is 427 g/mol. The monoisotopic (exact) mass is 427 g/mol. The van der Waals surface area contributed by atoms with Crippen LogP contribution >= 0.6 is 0 Å². The number of carbonyl (C=O) groups excluding carboxylic acids is 1. The van der Waals surface area contributed by atoms with E-state index in [2.05, 4.69) is 20.4 Å². The Hall–Kier alpha value is -3.33. The van der Waals surface area contributed by atoms with Crippen LogP contribution in [-0.2, 0) is 16.0 Å². The van der Waals surface area contributed by atoms with Crippen molar-refractivity contribution in [2.24, 2.45) is 0 Å². The Morgan fingerprint density at radius 1 is 1.10 bits per heavy atom. The summed E-state index contributed by atoms with van der Waals surface area (Å²) in [6.45, 7) is 8.09. The fourth-order valence-electron chi connectivity index (χ4n) is 3.22. The van der Waals surface area contributed by atoms with E-state index in [4.69, 9.17) is 9.47 Å². The Balaban J connectivity index is 1.72. The van der Waals surface area contributed by atoms with Crippen LogP contribution in [0.25, 0.3) is 5.95 Å². The van der Waals surface area contributed by atoms with Gasteiger partial charge in [-0.3, -0.25) is 4.79 Å². The molecule has 8 nitrogen and oxygen atoms in total. The van der Waals surface area contributed by atoms with Crippen LogP contribution in [0, 0.1) is 33.5 Å². The molecular formula is C22H26FN5O3. The number of carbonyl (C=O) groups is 1. The van der Waals surface area contributed by atoms with E-state index < -0.39 is 5.82 Å². The molecule has 164 valence electrons. The van der Waals surface area contributed by atoms with Gasteiger partial charge < -0.3 is 14.8 Å². The number of hydrogen-bond donors (Lipinski definition) is 1. The van der Waals surface area contributed by atoms with E-state index in [0.717, 1.165) is 22.6 Å². The quantitative estimate of drug-likeness (QED) is 0.555. The molecule has 0 unspecified atom stereocenters. The number of methoxy groups -OCH3 is 1. The van der Waals surface area contributed by atoms with Crippen LogP contribution in [0.15, 0.2) is 24.3 Å². The van der Waals surface area contributed by atoms with Crippen LogP contribution in [-0.4, -0.2) is 46.0 Å². The number of halogens is 1. The second kappa shape index (κ2) is 9.65. The summed E-state index contributed by atoms with van der Waals surface area (Å²) in [6, 6.07) is 6.19. The molecule has 0 fully saturated rings. The topological polar surface area (TPSA) is 91.2 Å². The number of hydrogen-bond acceptors (Lipinski definition) is 6. The number of rotatable bonds is 8. The van der Waals surface area contributed by atoms with Gasteiger partial charge in [0.2, 0.25) is 5.91 Å². The van der Waals surface area contributed by atoms with Crippen LogP contribution in [0.1, 0.15) is 28.3 Å². The number of ether oxygens (including phenoxy) is 2. The normalized spacial score (nSPS) is 10.9. The first-order valence-electron chi connectivity index (χ1n) is 9.87. The van der Waals surface area contributed by atoms with Gasteiger partial charge in [0.25, 0.3) is 5.95 Å². The van der Waals surface area contributed by atoms with E-state index in [0.29, 0.717) is 23.9 Å². The smallest absolute Gasteiger partial charge is 0.251 e. The highest BCUT2D eigenvalue weighted by Crippen LogP contribution is 2.22. The second-order valence-corrected chi connectivity index (χ2v) is 7.22. The van der Waals surface area contributed by atoms with E-state index in [1.165, 1.54) is 12.1 Å². The van der Waals surface area contributed by atoms with Gasteiger partial charge in [-0.2, -0.15) is 5.10 Å². The first kappa shape index (κ1) is 22.4. The van der Waals surface area contributed by atoms with Gasteiger partial charge in [0.05, 0.1) is 18.7 Å². The molecule has 2 heterocycles. The Morgan fingerprint density at radius 2 is 1.81 bits per heavy atom. The number of amides is 1. The third-order valence-electron chi connectivity index (χ3n) is 4.70. The largest absolute Gasteiger partial charge is 0.488 e. The molecule has 0 atom stereocenters. The van der Waals surface area contributed by atoms with Crippen molar-refractivity contribution in [1.29, 1.82) is 0 Å². The summed E-state index contributed by atoms with van der Waals surface area (Å²) in [6.07, 6.45) is 0.0934. The van der Waals surface area contributed by atoms with E-state index in [9.17, 15) is 9.18 Å². The minimum absolute atomic E-state index is 0.0934. The highest BCUT2D eigenvalue weighted by atomic mass is 19.1. The number of aromatic nitrogens is 4. The van der Waals surface area contributed by atoms with Gasteiger partial charge in [-0.1, -0.05) is 0 Å². The molecule has 0 radical (unpaired) electrons. The molecule has 9 heteroatoms. The third-order valence-corrected chi connectivity index (χ3v) is 4.70. The molecule has 0 saturated carbocycles. The highest BCUT2D eigenvalue weighted by molar-refractivity contribution is 5.92. The molecule has 0 aliphatic carbocycles. The zero-order valence-corrected chi connectivity index (χ0v) is 18.3. The number of benzene rings is 1. The molecule has 2 aromatic heterocycles. The van der Waals surface area contributed by atoms with E-state index in [-0.39, 0.29) is 24.7 Å². The number of aryl methyl sites for hydroxylation is 3. The number of nitrogens with zero attached hydrogens (tertiary/aromatic N) is 4. The summed E-state index contributed by atoms with van der Waals surface area (Å²) >= 11 is 0. The minimum atomic E-state index is -0.555. The molecule has 1 aromatic carbocycles. The molecule has 3 rings (SSSR count). The Labute approximate surface area is 180 Å². The fourth-order valence-corrected chi connectivity index (χ4v) is 3.22. The number of anilines is 1. The lowest BCUT2D eigenvalue weighted by Crippen LogP contribution is -2.16. The Morgan fingerprint density at radius 3 is 2.45 bits per heavy atom. The van der Waals surface area contributed by atoms with Crippen molar-refractivity contribution in [2.45, 2.75) is 34.1 Å². The van der Waals surface area contributed by atoms with Gasteiger partial charge in [-0.05, 0) is 45.9 Å². The Kier molecular flexibility index (Phi) is 6.96. The molecule has 0 spiro atoms. The van der Waals surface area contributed by atoms with Gasteiger partial charge in [0.1, 0.15) is 6.61 Å². The zero-order chi connectivity index (χ0) is 22.5. The molecule has 31 heavy (non-hydrogen) atoms. The van der Waals surface area contributed by atoms with E-state index >= 15 is 0 Å². The van der Waals surface area contributed by atoms with E-state index in [1.54, 1.807) is 17.9 Å². The Bertz CT molecular complexity index is 1080. The van der Waals surface area contributed by atoms with Gasteiger partial charge >= 0.3 is 0 Å². The van der Waals surface area contributed by atoms with Crippen molar-refractivity contribution in [3.05, 3.63) is 58.4 Å². The van der Waals surface area contributed by atoms with Crippen molar-refractivity contribution in [1.82, 2.24) is 19.7 Å². The summed E-state index contributed by atoms with van der Waals surface area (Å²) in [5, 5.41) is 7.23. The molecule has 0 bridgehead atoms. The van der Waals surface area contributed by atoms with E-state index in [1.807, 2.05) is 33.8 Å². The zero-order valence-electron chi connectivity index (χ0n) is 18.3. The lowest BCUT2D eigenvalue weighted by Gasteiger charge is -2.10. The average Bonchev–Trinajstić information content (AvgIpc) is 2.97. The van der Waals surface area contributed by atoms with Crippen molar-refractivity contribution in [2.75, 3.05) is 25.6 Å². The maximum absolute atomic E-state index is 14.2. The van der Waals surface area contributed by atoms with Gasteiger partial charge in [-0.15, -0.1) is 0 Å². The van der Waals surface area contributed by atoms with Crippen molar-refractivity contribution >= 4 is 11.6 Å². The SMILES string of the molecule is COCCOc1ccc(NC(=O)Cc2c(C)nn(-c3nc(C)cc(C)n3)c2C)cc1F. The van der Waals surface area contributed by atoms with Gasteiger partial charge in [0, 0.05) is 41.5 Å². The van der Waals surface area contributed by atoms with Crippen LogP contribution in [0.4, 0.5) is 10.1 Å². The predicted octanol–water partition coefficient (Wildman–Crippen LogP) is 3.24. The lowest BCUT2D eigenvalue weighted by atomic mass is 10.1. The van der Waals surface area contributed by atoms with Crippen molar-refractivity contribution < 1.29 is 18.7 Å². The van der Waals surface area contributed by atoms with Crippen LogP contribution in [0.3, 0.4) is 0 Å². The van der Waals surface area contributed by atoms with Crippen LogP contribution in [0.2, 0.25) is 0 Å². The fraction of sp³-hybridized carbons (Fsp3) is 0.364. The first-order chi connectivity index (χ1) is 14.8. The first-order valence-corrected chi connectivity index (χ1v) is 9.87. The maximum Gasteiger partial charge on any atom is 0.251 e. The molecule has 0 aliphatic rings. The molecule has 3 aromatic rings. The van der Waals surface area contributed by atoms with Gasteiger partial charge in [0.15, 0.2) is 11.6 Å². The highest BCUT2D eigenvalue weighted by Gasteiger charge is 2.18. The standard InChI is InChI=1S/C22H26FN5O3/c1-13-10-14(2)25-22(24-13)28-16(4)18(15(3)27-28)12-21(29)26-17-6-7-20(19(23)11-17)31-9-8-30-5/h6-7,10-11H,8-9,12H2,1-5H3,(H,26,29). The summed E-state index contributed by atoms with van der Waals surface area (Å²) in [4.78, 5) is 21.5. The van der Waals surface area contributed by atoms with Crippen molar-refractivity contribution in [3.63, 3.8) is 0 Å². The molecule has 1 N–H and O–H groups in total. The predicted molar refractivity (Wildman–Crippen MR) is 114 cm³/mol. The van der Waals surface area contributed by atoms with Crippen LogP contribution < -0.4 is 10.1 Å². The molecule has 0 saturated heterocycles. The van der Waals surface area contributed by atoms with Crippen molar-refractivity contribution in [3.8, 4) is 11.7 Å². The maximum atomic E-state index is 14.2. The lowest BCUT2D eigenvalue weighted by molar-refractivity contribution is -0.115. The molecular weight excluding hydrogens is 401 g/mol. The third kappa shape index (κ3) is 5.43. The summed E-state index contributed by atoms with van der Waals surface area (Å²) in [7, 11) is 1.54. The van der Waals surface area contributed by atoms with Gasteiger partial charge in [-0.25, -0.2) is 19.0 Å². The molecule has 1 amide bonds. The molecule has 0 aliphatic heterocycles. The minimum Gasteiger partial charge on any atom is -0.488 e. The summed E-state index contributed by atoms with van der Waals surface area (Å²) < 4.78 is 26.0. The summed E-state index contributed by atoms with van der Waals surface area (Å²) in [5.41, 5.74) is 4.30. The summed E-state index contributed by atoms with van der Waals surface area (Å²) in [5.74, 6) is -0.257. The number of nitrogens with one attached hydrogen (secondary N) is 1. The second-order valence-electron chi connectivity index (χ2n) is 7.22.